The molecule has 0 saturated carbocycles. The highest BCUT2D eigenvalue weighted by Crippen LogP contribution is 2.38. The van der Waals surface area contributed by atoms with Gasteiger partial charge in [-0.1, -0.05) is 38.1 Å². The smallest absolute Gasteiger partial charge is 0.489 e. The van der Waals surface area contributed by atoms with E-state index in [0.29, 0.717) is 37.5 Å². The van der Waals surface area contributed by atoms with E-state index in [1.807, 2.05) is 21.8 Å². The van der Waals surface area contributed by atoms with Crippen LogP contribution < -0.4 is 20.1 Å². The van der Waals surface area contributed by atoms with E-state index in [1.54, 1.807) is 91.5 Å². The number of likely N-dealkylation sites (tertiary alicyclic amines) is 1. The van der Waals surface area contributed by atoms with Gasteiger partial charge < -0.3 is 47.3 Å². The van der Waals surface area contributed by atoms with Crippen molar-refractivity contribution in [2.75, 3.05) is 31.6 Å². The quantitative estimate of drug-likeness (QED) is 0.0166. The number of alkyl carbamates (subject to hydrolysis) is 1. The summed E-state index contributed by atoms with van der Waals surface area (Å²) in [5, 5.41) is 9.31. The third kappa shape index (κ3) is 20.3. The lowest BCUT2D eigenvalue weighted by Gasteiger charge is -2.39. The molecule has 3 aromatic rings. The van der Waals surface area contributed by atoms with Crippen LogP contribution in [-0.4, -0.2) is 134 Å². The lowest BCUT2D eigenvalue weighted by molar-refractivity contribution is -0.782. The van der Waals surface area contributed by atoms with Crippen LogP contribution in [0.15, 0.2) is 47.2 Å². The van der Waals surface area contributed by atoms with Crippen molar-refractivity contribution in [2.24, 2.45) is 11.1 Å². The van der Waals surface area contributed by atoms with Crippen molar-refractivity contribution in [1.82, 2.24) is 19.9 Å². The molecule has 0 aliphatic carbocycles. The highest BCUT2D eigenvalue weighted by Gasteiger charge is 2.50. The second-order valence-corrected chi connectivity index (χ2v) is 31.1. The molecule has 28 heteroatoms. The van der Waals surface area contributed by atoms with E-state index in [4.69, 9.17) is 32.9 Å². The number of alkyl halides is 3. The van der Waals surface area contributed by atoms with Crippen molar-refractivity contribution in [3.05, 3.63) is 47.7 Å². The summed E-state index contributed by atoms with van der Waals surface area (Å²) in [4.78, 5) is 75.7. The van der Waals surface area contributed by atoms with Crippen LogP contribution in [0.2, 0.25) is 18.1 Å². The van der Waals surface area contributed by atoms with Crippen molar-refractivity contribution in [3.8, 4) is 16.9 Å². The average Bonchev–Trinajstić information content (AvgIpc) is 3.85. The van der Waals surface area contributed by atoms with Gasteiger partial charge in [-0.3, -0.25) is 5.32 Å². The fourth-order valence-electron chi connectivity index (χ4n) is 6.60. The summed E-state index contributed by atoms with van der Waals surface area (Å²) in [6, 6.07) is 6.65. The maximum Gasteiger partial charge on any atom is 0.534 e. The molecule has 0 radical (unpaired) electrons. The molecule has 2 N–H and O–H groups in total. The molecule has 2 atom stereocenters. The van der Waals surface area contributed by atoms with Crippen molar-refractivity contribution in [1.29, 1.82) is 0 Å². The summed E-state index contributed by atoms with van der Waals surface area (Å²) in [5.74, 6) is -3.04. The molecule has 22 nitrogen and oxygen atoms in total. The van der Waals surface area contributed by atoms with Gasteiger partial charge in [-0.25, -0.2) is 29.0 Å². The Morgan fingerprint density at radius 3 is 1.92 bits per heavy atom. The van der Waals surface area contributed by atoms with Gasteiger partial charge >= 0.3 is 45.8 Å². The first-order valence-corrected chi connectivity index (χ1v) is 30.0. The molecule has 2 aromatic heterocycles. The second kappa shape index (κ2) is 24.6. The molecule has 3 heterocycles. The third-order valence-electron chi connectivity index (χ3n) is 11.0. The van der Waals surface area contributed by atoms with Crippen LogP contribution in [0.4, 0.5) is 32.7 Å². The van der Waals surface area contributed by atoms with Crippen LogP contribution in [0, 0.1) is 5.92 Å². The summed E-state index contributed by atoms with van der Waals surface area (Å²) in [5.41, 5.74) is -9.85. The number of esters is 1. The Morgan fingerprint density at radius 2 is 1.38 bits per heavy atom. The number of hydrogen-bond donors (Lipinski definition) is 2. The maximum atomic E-state index is 13.5. The lowest BCUT2D eigenvalue weighted by atomic mass is 10.0. The van der Waals surface area contributed by atoms with Gasteiger partial charge in [0.25, 0.3) is 6.10 Å². The number of halogens is 3. The second-order valence-electron chi connectivity index (χ2n) is 23.9. The van der Waals surface area contributed by atoms with Crippen molar-refractivity contribution in [3.63, 3.8) is 0 Å². The van der Waals surface area contributed by atoms with Crippen LogP contribution in [0.1, 0.15) is 110 Å². The van der Waals surface area contributed by atoms with Crippen molar-refractivity contribution >= 4 is 70.8 Å². The van der Waals surface area contributed by atoms with Gasteiger partial charge in [0.1, 0.15) is 47.0 Å². The standard InChI is InChI=1S/C50H74F3N7O15S2Si/c1-45(2,3)69-39(61)37(73-57-38(40(62)74-77(66,67)50(51,52)53)36-30-76-41(55-36)56-43(64)71-47(7,8)9)29-68-34-20-18-32(19-21-34)33-26-59(25-31-23-58(24-31)44(65)72-48(10,11)12)60(27-33)28-35(75-78(16,17)49(13,14)15)22-54-42(63)70-46(4,5)6/h18-21,26-27,30-31,35,37H,22-25,28-29H2,1-17H3,(H-,54,55,56,63,64)/p+1/b57-38-/t35-,37-/m0/s1. The van der Waals surface area contributed by atoms with E-state index in [0.717, 1.165) is 16.5 Å². The fraction of sp³-hybridized carbons (Fsp3) is 0.640. The van der Waals surface area contributed by atoms with E-state index in [2.05, 4.69) is 58.8 Å². The van der Waals surface area contributed by atoms with Gasteiger partial charge in [-0.15, -0.1) is 16.0 Å². The largest absolute Gasteiger partial charge is 0.534 e. The molecule has 0 spiro atoms. The minimum absolute atomic E-state index is 0.0683. The number of oxime groups is 1. The number of nitrogens with one attached hydrogen (secondary N) is 2. The Balaban J connectivity index is 1.67. The number of carbonyl (C=O) groups excluding carboxylic acids is 5. The molecule has 1 aliphatic heterocycles. The molecule has 3 amide bonds. The lowest BCUT2D eigenvalue weighted by Crippen LogP contribution is -2.58. The summed E-state index contributed by atoms with van der Waals surface area (Å²) >= 11 is 0.651. The summed E-state index contributed by atoms with van der Waals surface area (Å²) < 4.78 is 106. The number of ether oxygens (including phenoxy) is 5. The van der Waals surface area contributed by atoms with E-state index in [1.165, 1.54) is 20.8 Å². The van der Waals surface area contributed by atoms with Crippen molar-refractivity contribution in [2.45, 2.75) is 175 Å². The van der Waals surface area contributed by atoms with Crippen LogP contribution in [0.3, 0.4) is 0 Å². The minimum atomic E-state index is -6.53. The predicted octanol–water partition coefficient (Wildman–Crippen LogP) is 8.93. The highest BCUT2D eigenvalue weighted by molar-refractivity contribution is 7.88. The van der Waals surface area contributed by atoms with Gasteiger partial charge in [0.15, 0.2) is 20.0 Å². The Bertz CT molecular complexity index is 2750. The number of thiazole rings is 1. The Kier molecular flexibility index (Phi) is 20.3. The predicted molar refractivity (Wildman–Crippen MR) is 283 cm³/mol. The summed E-state index contributed by atoms with van der Waals surface area (Å²) in [6.45, 7) is 31.9. The average molecular weight is 1160 g/mol. The molecular weight excluding hydrogens is 1090 g/mol. The van der Waals surface area contributed by atoms with Gasteiger partial charge in [0, 0.05) is 25.0 Å². The third-order valence-corrected chi connectivity index (χ3v) is 17.3. The highest BCUT2D eigenvalue weighted by atomic mass is 32.2. The zero-order valence-electron chi connectivity index (χ0n) is 47.3. The Hall–Kier alpha value is -6.00. The van der Waals surface area contributed by atoms with Gasteiger partial charge in [-0.2, -0.15) is 26.3 Å². The number of benzene rings is 1. The van der Waals surface area contributed by atoms with Crippen LogP contribution in [0.25, 0.3) is 11.1 Å². The van der Waals surface area contributed by atoms with Gasteiger partial charge in [0.05, 0.1) is 23.8 Å². The molecule has 0 unspecified atom stereocenters. The number of anilines is 1. The number of carbonyl (C=O) groups is 5. The first-order chi connectivity index (χ1) is 35.4. The molecule has 78 heavy (non-hydrogen) atoms. The Morgan fingerprint density at radius 1 is 0.821 bits per heavy atom. The van der Waals surface area contributed by atoms with E-state index >= 15 is 0 Å². The minimum Gasteiger partial charge on any atom is -0.489 e. The Labute approximate surface area is 458 Å². The van der Waals surface area contributed by atoms with E-state index in [9.17, 15) is 45.6 Å². The summed E-state index contributed by atoms with van der Waals surface area (Å²) in [6.07, 6.45) is -0.444. The topological polar surface area (TPSA) is 255 Å². The number of rotatable bonds is 19. The fourth-order valence-corrected chi connectivity index (χ4v) is 8.99. The number of aromatic nitrogens is 3. The summed E-state index contributed by atoms with van der Waals surface area (Å²) in [7, 11) is -8.95. The number of amides is 3. The molecule has 0 bridgehead atoms. The van der Waals surface area contributed by atoms with Crippen molar-refractivity contribution < 1.29 is 87.4 Å². The zero-order chi connectivity index (χ0) is 59.2. The van der Waals surface area contributed by atoms with Crippen LogP contribution in [0.5, 0.6) is 5.75 Å². The van der Waals surface area contributed by atoms with Gasteiger partial charge in [0.2, 0.25) is 11.9 Å². The first-order valence-electron chi connectivity index (χ1n) is 24.8. The molecule has 4 rings (SSSR count). The van der Waals surface area contributed by atoms with Crippen LogP contribution >= 0.6 is 11.3 Å². The molecule has 1 saturated heterocycles. The van der Waals surface area contributed by atoms with E-state index in [-0.39, 0.29) is 28.4 Å². The monoisotopic (exact) mass is 1160 g/mol. The molecule has 1 fully saturated rings. The van der Waals surface area contributed by atoms with Gasteiger partial charge in [-0.05, 0) is 119 Å². The maximum absolute atomic E-state index is 13.5. The molecule has 1 aromatic carbocycles. The molecule has 1 aliphatic rings. The normalized spacial score (nSPS) is 15.1. The SMILES string of the molecule is CC(C)(C)OC(=O)NC[C@@H](Cn1cc(-c2ccc(OC[C@H](O/N=C(\C(=O)OS(=O)(=O)C(F)(F)F)c3csc(NC(=O)OC(C)(C)C)n3)C(=O)OC(C)(C)C)cc2)c[n+]1CC1CN(C(=O)OC(C)(C)C)C1)O[Si](C)(C)C(C)(C)C. The van der Waals surface area contributed by atoms with E-state index < -0.39 is 107 Å². The number of hydrogen-bond acceptors (Lipinski definition) is 18. The first kappa shape index (κ1) is 64.5. The zero-order valence-corrected chi connectivity index (χ0v) is 50.0. The van der Waals surface area contributed by atoms with Crippen LogP contribution in [-0.2, 0) is 65.2 Å². The number of nitrogens with zero attached hydrogens (tertiary/aromatic N) is 5. The molecule has 436 valence electrons. The molecular formula is C50H75F3N7O15S2Si+.